The zero-order valence-corrected chi connectivity index (χ0v) is 11.3. The average molecular weight is 266 g/mol. The Morgan fingerprint density at radius 1 is 1.61 bits per heavy atom. The molecule has 1 aliphatic heterocycles. The van der Waals surface area contributed by atoms with E-state index in [1.807, 2.05) is 0 Å². The van der Waals surface area contributed by atoms with Crippen molar-refractivity contribution in [1.29, 1.82) is 0 Å². The Morgan fingerprint density at radius 3 is 3.17 bits per heavy atom. The molecule has 0 aliphatic carbocycles. The molecule has 2 rings (SSSR count). The van der Waals surface area contributed by atoms with Gasteiger partial charge in [0.25, 0.3) is 0 Å². The molecule has 0 aromatic carbocycles. The number of hydrogen-bond donors (Lipinski definition) is 1. The van der Waals surface area contributed by atoms with Crippen LogP contribution in [0.15, 0.2) is 12.3 Å². The first-order valence-corrected chi connectivity index (χ1v) is 6.53. The Bertz CT molecular complexity index is 426. The van der Waals surface area contributed by atoms with Crippen LogP contribution in [0.5, 0.6) is 6.01 Å². The molecule has 1 aliphatic rings. The first-order chi connectivity index (χ1) is 8.66. The van der Waals surface area contributed by atoms with E-state index >= 15 is 0 Å². The highest BCUT2D eigenvalue weighted by Crippen LogP contribution is 2.15. The zero-order chi connectivity index (χ0) is 13.0. The van der Waals surface area contributed by atoms with Gasteiger partial charge in [0.1, 0.15) is 17.3 Å². The van der Waals surface area contributed by atoms with Crippen LogP contribution in [0.3, 0.4) is 0 Å². The Morgan fingerprint density at radius 2 is 2.44 bits per heavy atom. The van der Waals surface area contributed by atoms with Crippen molar-refractivity contribution in [1.82, 2.24) is 14.9 Å². The number of ether oxygens (including phenoxy) is 1. The number of rotatable bonds is 4. The lowest BCUT2D eigenvalue weighted by molar-refractivity contribution is 0.120. The molecule has 0 radical (unpaired) electrons. The molecule has 1 unspecified atom stereocenters. The minimum atomic E-state index is 0.261. The summed E-state index contributed by atoms with van der Waals surface area (Å²) in [6, 6.07) is 2.47. The second-order valence-corrected chi connectivity index (χ2v) is 4.97. The maximum Gasteiger partial charge on any atom is 0.317 e. The third-order valence-corrected chi connectivity index (χ3v) is 3.42. The van der Waals surface area contributed by atoms with Crippen LogP contribution in [0.2, 0.25) is 0 Å². The number of nitrogens with zero attached hydrogens (tertiary/aromatic N) is 3. The van der Waals surface area contributed by atoms with Crippen LogP contribution < -0.4 is 10.5 Å². The lowest BCUT2D eigenvalue weighted by atomic mass is 10.0. The van der Waals surface area contributed by atoms with Crippen molar-refractivity contribution in [3.05, 3.63) is 18.0 Å². The smallest absolute Gasteiger partial charge is 0.317 e. The summed E-state index contributed by atoms with van der Waals surface area (Å²) in [6.07, 6.45) is 5.29. The molecule has 5 nitrogen and oxygen atoms in total. The molecule has 1 atom stereocenters. The van der Waals surface area contributed by atoms with Crippen LogP contribution in [-0.2, 0) is 0 Å². The summed E-state index contributed by atoms with van der Waals surface area (Å²) in [4.78, 5) is 10.8. The van der Waals surface area contributed by atoms with Gasteiger partial charge in [0.15, 0.2) is 0 Å². The van der Waals surface area contributed by atoms with Crippen molar-refractivity contribution < 1.29 is 4.74 Å². The number of hydrogen-bond acceptors (Lipinski definition) is 5. The molecule has 1 saturated heterocycles. The van der Waals surface area contributed by atoms with Gasteiger partial charge in [-0.05, 0) is 32.5 Å². The van der Waals surface area contributed by atoms with Crippen molar-refractivity contribution in [2.75, 3.05) is 20.2 Å². The molecule has 0 spiro atoms. The number of aromatic nitrogens is 2. The van der Waals surface area contributed by atoms with Crippen LogP contribution in [0, 0.1) is 0 Å². The SMILES string of the molecule is CN1CCCCC1COc1nccc(C(N)=S)n1. The van der Waals surface area contributed by atoms with Crippen LogP contribution in [0.4, 0.5) is 0 Å². The zero-order valence-electron chi connectivity index (χ0n) is 10.5. The van der Waals surface area contributed by atoms with Gasteiger partial charge in [0, 0.05) is 12.2 Å². The van der Waals surface area contributed by atoms with E-state index in [4.69, 9.17) is 22.7 Å². The first kappa shape index (κ1) is 13.2. The van der Waals surface area contributed by atoms with E-state index in [9.17, 15) is 0 Å². The van der Waals surface area contributed by atoms with Gasteiger partial charge in [-0.1, -0.05) is 18.6 Å². The molecule has 18 heavy (non-hydrogen) atoms. The maximum absolute atomic E-state index is 5.63. The van der Waals surface area contributed by atoms with Crippen molar-refractivity contribution in [2.24, 2.45) is 5.73 Å². The summed E-state index contributed by atoms with van der Waals surface area (Å²) in [5.41, 5.74) is 6.07. The van der Waals surface area contributed by atoms with Crippen LogP contribution >= 0.6 is 12.2 Å². The first-order valence-electron chi connectivity index (χ1n) is 6.12. The predicted molar refractivity (Wildman–Crippen MR) is 73.7 cm³/mol. The van der Waals surface area contributed by atoms with Crippen molar-refractivity contribution in [3.8, 4) is 6.01 Å². The van der Waals surface area contributed by atoms with Gasteiger partial charge in [0.2, 0.25) is 0 Å². The van der Waals surface area contributed by atoms with E-state index < -0.39 is 0 Å². The van der Waals surface area contributed by atoms with Gasteiger partial charge in [-0.25, -0.2) is 4.98 Å². The molecule has 6 heteroatoms. The molecule has 1 fully saturated rings. The van der Waals surface area contributed by atoms with Crippen LogP contribution in [0.25, 0.3) is 0 Å². The molecule has 0 amide bonds. The summed E-state index contributed by atoms with van der Waals surface area (Å²) >= 11 is 4.87. The molecule has 2 N–H and O–H groups in total. The highest BCUT2D eigenvalue weighted by molar-refractivity contribution is 7.80. The molecular weight excluding hydrogens is 248 g/mol. The van der Waals surface area contributed by atoms with Gasteiger partial charge >= 0.3 is 6.01 Å². The second-order valence-electron chi connectivity index (χ2n) is 4.53. The highest BCUT2D eigenvalue weighted by Gasteiger charge is 2.19. The molecular formula is C12H18N4OS. The van der Waals surface area contributed by atoms with E-state index in [0.29, 0.717) is 24.4 Å². The second kappa shape index (κ2) is 6.06. The molecule has 98 valence electrons. The maximum atomic E-state index is 5.63. The van der Waals surface area contributed by atoms with E-state index in [0.717, 1.165) is 13.0 Å². The summed E-state index contributed by atoms with van der Waals surface area (Å²) in [7, 11) is 2.12. The minimum absolute atomic E-state index is 0.261. The monoisotopic (exact) mass is 266 g/mol. The quantitative estimate of drug-likeness (QED) is 0.819. The lowest BCUT2D eigenvalue weighted by Gasteiger charge is -2.31. The summed E-state index contributed by atoms with van der Waals surface area (Å²) in [6.45, 7) is 1.74. The Kier molecular flexibility index (Phi) is 4.43. The van der Waals surface area contributed by atoms with Crippen LogP contribution in [0.1, 0.15) is 25.0 Å². The normalized spacial score (nSPS) is 20.6. The van der Waals surface area contributed by atoms with E-state index in [1.165, 1.54) is 12.8 Å². The summed E-state index contributed by atoms with van der Waals surface area (Å²) < 4.78 is 5.63. The predicted octanol–water partition coefficient (Wildman–Crippen LogP) is 0.974. The van der Waals surface area contributed by atoms with Crippen LogP contribution in [-0.4, -0.2) is 46.1 Å². The fraction of sp³-hybridized carbons (Fsp3) is 0.583. The topological polar surface area (TPSA) is 64.3 Å². The van der Waals surface area contributed by atoms with Crippen molar-refractivity contribution >= 4 is 17.2 Å². The largest absolute Gasteiger partial charge is 0.462 e. The van der Waals surface area contributed by atoms with Crippen molar-refractivity contribution in [2.45, 2.75) is 25.3 Å². The number of nitrogens with two attached hydrogens (primary N) is 1. The Balaban J connectivity index is 1.93. The van der Waals surface area contributed by atoms with Gasteiger partial charge in [0.05, 0.1) is 0 Å². The van der Waals surface area contributed by atoms with E-state index in [1.54, 1.807) is 12.3 Å². The average Bonchev–Trinajstić information content (AvgIpc) is 2.38. The fourth-order valence-corrected chi connectivity index (χ4v) is 2.19. The molecule has 1 aromatic rings. The minimum Gasteiger partial charge on any atom is -0.462 e. The number of likely N-dealkylation sites (N-methyl/N-ethyl adjacent to an activating group) is 1. The number of thiocarbonyl (C=S) groups is 1. The van der Waals surface area contributed by atoms with Crippen molar-refractivity contribution in [3.63, 3.8) is 0 Å². The highest BCUT2D eigenvalue weighted by atomic mass is 32.1. The van der Waals surface area contributed by atoms with Gasteiger partial charge in [-0.15, -0.1) is 0 Å². The van der Waals surface area contributed by atoms with E-state index in [-0.39, 0.29) is 4.99 Å². The van der Waals surface area contributed by atoms with E-state index in [2.05, 4.69) is 21.9 Å². The lowest BCUT2D eigenvalue weighted by Crippen LogP contribution is -2.40. The molecule has 0 saturated carbocycles. The Hall–Kier alpha value is -1.27. The third-order valence-electron chi connectivity index (χ3n) is 3.21. The molecule has 1 aromatic heterocycles. The van der Waals surface area contributed by atoms with Gasteiger partial charge in [-0.3, -0.25) is 0 Å². The fourth-order valence-electron chi connectivity index (χ4n) is 2.07. The van der Waals surface area contributed by atoms with Gasteiger partial charge < -0.3 is 15.4 Å². The summed E-state index contributed by atoms with van der Waals surface area (Å²) in [5, 5.41) is 0. The number of piperidine rings is 1. The third kappa shape index (κ3) is 3.36. The number of likely N-dealkylation sites (tertiary alicyclic amines) is 1. The molecule has 0 bridgehead atoms. The Labute approximate surface area is 112 Å². The molecule has 2 heterocycles. The standard InChI is InChI=1S/C12H18N4OS/c1-16-7-3-2-4-9(16)8-17-12-14-6-5-10(15-12)11(13)18/h5-6,9H,2-4,7-8H2,1H3,(H2,13,18). The summed E-state index contributed by atoms with van der Waals surface area (Å²) in [5.74, 6) is 0. The van der Waals surface area contributed by atoms with Gasteiger partial charge in [-0.2, -0.15) is 4.98 Å².